The zero-order valence-electron chi connectivity index (χ0n) is 21.2. The molecular formula is C25H36N6O4S. The summed E-state index contributed by atoms with van der Waals surface area (Å²) in [5, 5.41) is 11.7. The molecule has 11 heteroatoms. The van der Waals surface area contributed by atoms with Crippen molar-refractivity contribution < 1.29 is 19.1 Å². The van der Waals surface area contributed by atoms with Crippen molar-refractivity contribution in [1.29, 1.82) is 0 Å². The number of rotatable bonds is 10. The summed E-state index contributed by atoms with van der Waals surface area (Å²) in [5.41, 5.74) is 2.25. The molecule has 4 rings (SSSR count). The maximum Gasteiger partial charge on any atom is 0.275 e. The molecule has 3 N–H and O–H groups in total. The second kappa shape index (κ2) is 12.6. The quantitative estimate of drug-likeness (QED) is 0.411. The molecule has 2 aliphatic heterocycles. The third-order valence-electron chi connectivity index (χ3n) is 6.67. The minimum Gasteiger partial charge on any atom is -0.383 e. The minimum absolute atomic E-state index is 0.188. The smallest absolute Gasteiger partial charge is 0.275 e. The first-order valence-corrected chi connectivity index (χ1v) is 13.3. The number of hydrogen-bond donors (Lipinski definition) is 3. The van der Waals surface area contributed by atoms with Crippen molar-refractivity contribution in [2.45, 2.75) is 32.0 Å². The fourth-order valence-electron chi connectivity index (χ4n) is 4.50. The lowest BCUT2D eigenvalue weighted by atomic mass is 10.1. The molecule has 2 aromatic rings. The molecule has 196 valence electrons. The van der Waals surface area contributed by atoms with Crippen molar-refractivity contribution in [3.05, 3.63) is 40.4 Å². The zero-order valence-corrected chi connectivity index (χ0v) is 22.0. The molecule has 2 atom stereocenters. The first-order chi connectivity index (χ1) is 17.5. The molecule has 0 saturated carbocycles. The highest BCUT2D eigenvalue weighted by atomic mass is 32.1. The van der Waals surface area contributed by atoms with Gasteiger partial charge in [-0.05, 0) is 31.0 Å². The standard InChI is InChI=1S/C25H36N6O4S/c1-17-13-26-7-10-30(17)14-18-4-5-21(20(12-18)23(32)27-8-11-34-2)28-24(33)22-16-36-25(29-22)31-9-6-19(15-31)35-3/h4-5,12,16-17,19,26H,6-11,13-15H2,1-3H3,(H,27,32)(H,28,33)/t17-,19+/m1/s1. The summed E-state index contributed by atoms with van der Waals surface area (Å²) in [5.74, 6) is -0.589. The van der Waals surface area contributed by atoms with Crippen LogP contribution in [0.25, 0.3) is 0 Å². The van der Waals surface area contributed by atoms with Gasteiger partial charge in [0.2, 0.25) is 0 Å². The summed E-state index contributed by atoms with van der Waals surface area (Å²) in [7, 11) is 3.31. The van der Waals surface area contributed by atoms with Crippen molar-refractivity contribution in [3.63, 3.8) is 0 Å². The number of carbonyl (C=O) groups is 2. The molecule has 1 aromatic heterocycles. The van der Waals surface area contributed by atoms with Crippen LogP contribution in [0.3, 0.4) is 0 Å². The Kier molecular flexibility index (Phi) is 9.27. The van der Waals surface area contributed by atoms with Crippen LogP contribution >= 0.6 is 11.3 Å². The largest absolute Gasteiger partial charge is 0.383 e. The highest BCUT2D eigenvalue weighted by Gasteiger charge is 2.26. The van der Waals surface area contributed by atoms with E-state index in [1.54, 1.807) is 19.6 Å². The van der Waals surface area contributed by atoms with Gasteiger partial charge < -0.3 is 30.3 Å². The normalized spacial score (nSPS) is 20.5. The van der Waals surface area contributed by atoms with Crippen LogP contribution in [-0.2, 0) is 16.0 Å². The number of amides is 2. The molecule has 3 heterocycles. The fraction of sp³-hybridized carbons (Fsp3) is 0.560. The SMILES string of the molecule is COCCNC(=O)c1cc(CN2CCNC[C@H]2C)ccc1NC(=O)c1csc(N2CC[C@H](OC)C2)n1. The number of anilines is 2. The van der Waals surface area contributed by atoms with Gasteiger partial charge >= 0.3 is 0 Å². The Labute approximate surface area is 216 Å². The van der Waals surface area contributed by atoms with Gasteiger partial charge in [0.05, 0.1) is 24.0 Å². The second-order valence-corrected chi connectivity index (χ2v) is 10.1. The van der Waals surface area contributed by atoms with E-state index in [4.69, 9.17) is 9.47 Å². The molecule has 1 aromatic carbocycles. The number of thiazole rings is 1. The van der Waals surface area contributed by atoms with E-state index in [2.05, 4.69) is 37.7 Å². The van der Waals surface area contributed by atoms with Crippen molar-refractivity contribution in [1.82, 2.24) is 20.5 Å². The molecule has 0 radical (unpaired) electrons. The lowest BCUT2D eigenvalue weighted by Gasteiger charge is -2.34. The summed E-state index contributed by atoms with van der Waals surface area (Å²) >= 11 is 1.44. The topological polar surface area (TPSA) is 108 Å². The average Bonchev–Trinajstić information content (AvgIpc) is 3.56. The third kappa shape index (κ3) is 6.60. The van der Waals surface area contributed by atoms with E-state index in [0.29, 0.717) is 36.1 Å². The van der Waals surface area contributed by atoms with Gasteiger partial charge in [-0.25, -0.2) is 4.98 Å². The lowest BCUT2D eigenvalue weighted by molar-refractivity contribution is 0.0937. The molecular weight excluding hydrogens is 480 g/mol. The van der Waals surface area contributed by atoms with Crippen LogP contribution in [0.2, 0.25) is 0 Å². The Morgan fingerprint density at radius 1 is 1.25 bits per heavy atom. The molecule has 0 unspecified atom stereocenters. The van der Waals surface area contributed by atoms with Gasteiger partial charge in [-0.2, -0.15) is 0 Å². The lowest BCUT2D eigenvalue weighted by Crippen LogP contribution is -2.49. The zero-order chi connectivity index (χ0) is 25.5. The number of piperazine rings is 1. The van der Waals surface area contributed by atoms with Crippen molar-refractivity contribution in [3.8, 4) is 0 Å². The molecule has 0 aliphatic carbocycles. The van der Waals surface area contributed by atoms with E-state index >= 15 is 0 Å². The number of methoxy groups -OCH3 is 2. The highest BCUT2D eigenvalue weighted by Crippen LogP contribution is 2.26. The first-order valence-electron chi connectivity index (χ1n) is 12.4. The number of nitrogens with one attached hydrogen (secondary N) is 3. The maximum absolute atomic E-state index is 13.1. The van der Waals surface area contributed by atoms with Gasteiger partial charge in [-0.3, -0.25) is 14.5 Å². The number of hydrogen-bond acceptors (Lipinski definition) is 9. The predicted molar refractivity (Wildman–Crippen MR) is 141 cm³/mol. The van der Waals surface area contributed by atoms with Crippen molar-refractivity contribution in [2.24, 2.45) is 0 Å². The van der Waals surface area contributed by atoms with Gasteiger partial charge in [0.25, 0.3) is 11.8 Å². The molecule has 2 fully saturated rings. The van der Waals surface area contributed by atoms with Crippen LogP contribution in [-0.4, -0.2) is 93.9 Å². The van der Waals surface area contributed by atoms with Crippen LogP contribution in [0.5, 0.6) is 0 Å². The van der Waals surface area contributed by atoms with Crippen molar-refractivity contribution in [2.75, 3.05) is 70.3 Å². The summed E-state index contributed by atoms with van der Waals surface area (Å²) in [6, 6.07) is 6.06. The number of nitrogens with zero attached hydrogens (tertiary/aromatic N) is 3. The van der Waals surface area contributed by atoms with Gasteiger partial charge in [-0.15, -0.1) is 11.3 Å². The highest BCUT2D eigenvalue weighted by molar-refractivity contribution is 7.14. The first kappa shape index (κ1) is 26.5. The van der Waals surface area contributed by atoms with E-state index in [0.717, 1.165) is 56.4 Å². The molecule has 36 heavy (non-hydrogen) atoms. The van der Waals surface area contributed by atoms with Crippen molar-refractivity contribution >= 4 is 34.0 Å². The number of ether oxygens (including phenoxy) is 2. The van der Waals surface area contributed by atoms with Crippen LogP contribution < -0.4 is 20.9 Å². The summed E-state index contributed by atoms with van der Waals surface area (Å²) in [4.78, 5) is 35.2. The molecule has 2 saturated heterocycles. The number of benzene rings is 1. The fourth-order valence-corrected chi connectivity index (χ4v) is 5.34. The van der Waals surface area contributed by atoms with Gasteiger partial charge in [0, 0.05) is 71.5 Å². The summed E-state index contributed by atoms with van der Waals surface area (Å²) < 4.78 is 10.5. The van der Waals surface area contributed by atoms with Crippen LogP contribution in [0.1, 0.15) is 39.8 Å². The van der Waals surface area contributed by atoms with Crippen LogP contribution in [0.4, 0.5) is 10.8 Å². The Balaban J connectivity index is 1.49. The van der Waals surface area contributed by atoms with Gasteiger partial charge in [0.1, 0.15) is 5.69 Å². The van der Waals surface area contributed by atoms with Gasteiger partial charge in [0.15, 0.2) is 5.13 Å². The monoisotopic (exact) mass is 516 g/mol. The summed E-state index contributed by atoms with van der Waals surface area (Å²) in [6.07, 6.45) is 1.13. The van der Waals surface area contributed by atoms with E-state index in [9.17, 15) is 9.59 Å². The van der Waals surface area contributed by atoms with Crippen LogP contribution in [0.15, 0.2) is 23.6 Å². The van der Waals surface area contributed by atoms with Crippen LogP contribution in [0, 0.1) is 0 Å². The van der Waals surface area contributed by atoms with Gasteiger partial charge in [-0.1, -0.05) is 6.07 Å². The Morgan fingerprint density at radius 2 is 2.11 bits per heavy atom. The Morgan fingerprint density at radius 3 is 2.86 bits per heavy atom. The maximum atomic E-state index is 13.1. The minimum atomic E-state index is -0.339. The number of carbonyl (C=O) groups excluding carboxylic acids is 2. The molecule has 0 spiro atoms. The summed E-state index contributed by atoms with van der Waals surface area (Å²) in [6.45, 7) is 8.18. The predicted octanol–water partition coefficient (Wildman–Crippen LogP) is 1.79. The second-order valence-electron chi connectivity index (χ2n) is 9.21. The molecule has 0 bridgehead atoms. The average molecular weight is 517 g/mol. The van der Waals surface area contributed by atoms with E-state index in [-0.39, 0.29) is 17.9 Å². The molecule has 2 amide bonds. The van der Waals surface area contributed by atoms with E-state index in [1.165, 1.54) is 11.3 Å². The third-order valence-corrected chi connectivity index (χ3v) is 7.57. The van der Waals surface area contributed by atoms with E-state index < -0.39 is 0 Å². The Hall–Kier alpha value is -2.57. The van der Waals surface area contributed by atoms with E-state index in [1.807, 2.05) is 18.2 Å². The molecule has 2 aliphatic rings. The number of aromatic nitrogens is 1. The Bertz CT molecular complexity index is 1050. The molecule has 10 nitrogen and oxygen atoms in total.